The Morgan fingerprint density at radius 2 is 1.12 bits per heavy atom. The summed E-state index contributed by atoms with van der Waals surface area (Å²) in [4.78, 5) is 0. The van der Waals surface area contributed by atoms with Crippen molar-refractivity contribution in [3.8, 4) is 0 Å². The van der Waals surface area contributed by atoms with Crippen LogP contribution in [0.3, 0.4) is 0 Å². The van der Waals surface area contributed by atoms with Crippen molar-refractivity contribution in [1.29, 1.82) is 0 Å². The number of halogens is 1. The largest absolute Gasteiger partial charge is 1.00 e. The summed E-state index contributed by atoms with van der Waals surface area (Å²) in [5.74, 6) is 0. The van der Waals surface area contributed by atoms with E-state index in [9.17, 15) is 0 Å². The first-order valence-corrected chi connectivity index (χ1v) is 7.24. The monoisotopic (exact) mass is 305 g/mol. The predicted molar refractivity (Wildman–Crippen MR) is 74.4 cm³/mol. The lowest BCUT2D eigenvalue weighted by Gasteiger charge is -2.35. The molecule has 0 N–H and O–H groups in total. The standard InChI is InChI=1S/C15H32N.BrH/c1-5-9-13-16(12-8-4,14-10-6-2)15-11-7-3;/h8,12H,5-7,9-11,13-15H2,1-4H3;1H/q+1;/p-1. The first-order chi connectivity index (χ1) is 7.74. The molecule has 0 saturated heterocycles. The average molecular weight is 306 g/mol. The van der Waals surface area contributed by atoms with Crippen LogP contribution in [-0.4, -0.2) is 24.1 Å². The Hall–Kier alpha value is 0.180. The maximum atomic E-state index is 2.45. The topological polar surface area (TPSA) is 0 Å². The molecule has 0 aliphatic rings. The van der Waals surface area contributed by atoms with E-state index < -0.39 is 0 Å². The van der Waals surface area contributed by atoms with Gasteiger partial charge in [-0.2, -0.15) is 0 Å². The Morgan fingerprint density at radius 1 is 0.765 bits per heavy atom. The maximum absolute atomic E-state index is 2.45. The van der Waals surface area contributed by atoms with Crippen LogP contribution >= 0.6 is 0 Å². The van der Waals surface area contributed by atoms with Crippen LogP contribution in [0, 0.1) is 0 Å². The Labute approximate surface area is 120 Å². The molecule has 0 aromatic carbocycles. The SMILES string of the molecule is CC=C[N+](CCCC)(CCCC)CCCC.[Br-]. The van der Waals surface area contributed by atoms with Crippen LogP contribution in [-0.2, 0) is 0 Å². The van der Waals surface area contributed by atoms with E-state index in [1.807, 2.05) is 0 Å². The minimum Gasteiger partial charge on any atom is -1.00 e. The van der Waals surface area contributed by atoms with Crippen LogP contribution < -0.4 is 17.0 Å². The molecule has 0 aliphatic heterocycles. The molecular weight excluding hydrogens is 274 g/mol. The average Bonchev–Trinajstić information content (AvgIpc) is 2.31. The molecule has 104 valence electrons. The van der Waals surface area contributed by atoms with Crippen molar-refractivity contribution in [3.63, 3.8) is 0 Å². The molecule has 0 aromatic heterocycles. The van der Waals surface area contributed by atoms with Crippen molar-refractivity contribution < 1.29 is 21.5 Å². The minimum absolute atomic E-state index is 0. The molecule has 0 rings (SSSR count). The number of hydrogen-bond donors (Lipinski definition) is 0. The van der Waals surface area contributed by atoms with Gasteiger partial charge < -0.3 is 17.0 Å². The third-order valence-corrected chi connectivity index (χ3v) is 3.34. The van der Waals surface area contributed by atoms with Crippen LogP contribution in [0.2, 0.25) is 0 Å². The lowest BCUT2D eigenvalue weighted by atomic mass is 10.2. The molecule has 0 atom stereocenters. The zero-order valence-corrected chi connectivity index (χ0v) is 13.9. The number of hydrogen-bond acceptors (Lipinski definition) is 0. The molecule has 1 nitrogen and oxygen atoms in total. The van der Waals surface area contributed by atoms with E-state index in [1.54, 1.807) is 0 Å². The molecular formula is C15H32BrN. The van der Waals surface area contributed by atoms with Crippen LogP contribution in [0.5, 0.6) is 0 Å². The third kappa shape index (κ3) is 8.84. The highest BCUT2D eigenvalue weighted by atomic mass is 79.9. The second-order valence-corrected chi connectivity index (χ2v) is 4.93. The summed E-state index contributed by atoms with van der Waals surface area (Å²) in [5.41, 5.74) is 0. The fraction of sp³-hybridized carbons (Fsp3) is 0.867. The predicted octanol–water partition coefficient (Wildman–Crippen LogP) is 1.74. The first-order valence-electron chi connectivity index (χ1n) is 7.24. The fourth-order valence-electron chi connectivity index (χ4n) is 2.29. The lowest BCUT2D eigenvalue weighted by molar-refractivity contribution is -0.880. The third-order valence-electron chi connectivity index (χ3n) is 3.34. The van der Waals surface area contributed by atoms with Crippen molar-refractivity contribution >= 4 is 0 Å². The van der Waals surface area contributed by atoms with Crippen LogP contribution in [0.4, 0.5) is 0 Å². The quantitative estimate of drug-likeness (QED) is 0.539. The van der Waals surface area contributed by atoms with Crippen molar-refractivity contribution in [2.45, 2.75) is 66.2 Å². The number of nitrogens with zero attached hydrogens (tertiary/aromatic N) is 1. The van der Waals surface area contributed by atoms with Gasteiger partial charge in [-0.15, -0.1) is 0 Å². The molecule has 0 saturated carbocycles. The summed E-state index contributed by atoms with van der Waals surface area (Å²) in [6, 6.07) is 0. The Balaban J connectivity index is 0. The fourth-order valence-corrected chi connectivity index (χ4v) is 2.29. The highest BCUT2D eigenvalue weighted by molar-refractivity contribution is 4.69. The van der Waals surface area contributed by atoms with Gasteiger partial charge in [-0.3, -0.25) is 4.48 Å². The van der Waals surface area contributed by atoms with Gasteiger partial charge in [0, 0.05) is 0 Å². The van der Waals surface area contributed by atoms with Gasteiger partial charge in [-0.25, -0.2) is 0 Å². The van der Waals surface area contributed by atoms with E-state index >= 15 is 0 Å². The molecule has 2 heteroatoms. The normalized spacial score (nSPS) is 11.8. The van der Waals surface area contributed by atoms with Crippen LogP contribution in [0.15, 0.2) is 12.3 Å². The van der Waals surface area contributed by atoms with Gasteiger partial charge in [0.15, 0.2) is 0 Å². The minimum atomic E-state index is 0. The van der Waals surface area contributed by atoms with Gasteiger partial charge >= 0.3 is 0 Å². The summed E-state index contributed by atoms with van der Waals surface area (Å²) in [6.45, 7) is 13.1. The first kappa shape index (κ1) is 19.5. The van der Waals surface area contributed by atoms with E-state index in [4.69, 9.17) is 0 Å². The van der Waals surface area contributed by atoms with Crippen molar-refractivity contribution in [3.05, 3.63) is 12.3 Å². The Morgan fingerprint density at radius 3 is 1.35 bits per heavy atom. The molecule has 0 fully saturated rings. The van der Waals surface area contributed by atoms with Gasteiger partial charge in [-0.1, -0.05) is 40.0 Å². The van der Waals surface area contributed by atoms with Crippen molar-refractivity contribution in [2.24, 2.45) is 0 Å². The highest BCUT2D eigenvalue weighted by Gasteiger charge is 2.22. The van der Waals surface area contributed by atoms with E-state index in [1.165, 1.54) is 62.6 Å². The van der Waals surface area contributed by atoms with Gasteiger partial charge in [0.1, 0.15) is 0 Å². The second kappa shape index (κ2) is 12.6. The van der Waals surface area contributed by atoms with Crippen molar-refractivity contribution in [2.75, 3.05) is 19.6 Å². The van der Waals surface area contributed by atoms with E-state index in [-0.39, 0.29) is 17.0 Å². The maximum Gasteiger partial charge on any atom is 0.0915 e. The summed E-state index contributed by atoms with van der Waals surface area (Å²) in [6.07, 6.45) is 12.7. The van der Waals surface area contributed by atoms with Gasteiger partial charge in [0.25, 0.3) is 0 Å². The molecule has 17 heavy (non-hydrogen) atoms. The molecule has 0 amide bonds. The highest BCUT2D eigenvalue weighted by Crippen LogP contribution is 2.15. The lowest BCUT2D eigenvalue weighted by Crippen LogP contribution is -3.00. The zero-order chi connectivity index (χ0) is 12.3. The summed E-state index contributed by atoms with van der Waals surface area (Å²) < 4.78 is 1.23. The van der Waals surface area contributed by atoms with E-state index in [0.717, 1.165) is 0 Å². The van der Waals surface area contributed by atoms with Gasteiger partial charge in [-0.05, 0) is 32.3 Å². The van der Waals surface area contributed by atoms with Gasteiger partial charge in [0.2, 0.25) is 0 Å². The molecule has 0 aliphatic carbocycles. The van der Waals surface area contributed by atoms with Crippen LogP contribution in [0.1, 0.15) is 66.2 Å². The number of rotatable bonds is 10. The molecule has 0 radical (unpaired) electrons. The smallest absolute Gasteiger partial charge is 0.0915 e. The summed E-state index contributed by atoms with van der Waals surface area (Å²) in [7, 11) is 0. The van der Waals surface area contributed by atoms with E-state index in [0.29, 0.717) is 0 Å². The second-order valence-electron chi connectivity index (χ2n) is 4.93. The Kier molecular flexibility index (Phi) is 14.5. The van der Waals surface area contributed by atoms with E-state index in [2.05, 4.69) is 40.0 Å². The summed E-state index contributed by atoms with van der Waals surface area (Å²) >= 11 is 0. The molecule has 0 unspecified atom stereocenters. The number of allylic oxidation sites excluding steroid dienone is 1. The molecule has 0 heterocycles. The van der Waals surface area contributed by atoms with Crippen molar-refractivity contribution in [1.82, 2.24) is 0 Å². The summed E-state index contributed by atoms with van der Waals surface area (Å²) in [5, 5.41) is 0. The molecule has 0 spiro atoms. The number of quaternary nitrogens is 1. The number of unbranched alkanes of at least 4 members (excludes halogenated alkanes) is 3. The molecule has 0 aromatic rings. The van der Waals surface area contributed by atoms with Gasteiger partial charge in [0.05, 0.1) is 25.8 Å². The van der Waals surface area contributed by atoms with Crippen LogP contribution in [0.25, 0.3) is 0 Å². The Bertz CT molecular complexity index is 156. The molecule has 0 bridgehead atoms. The zero-order valence-electron chi connectivity index (χ0n) is 12.3.